The van der Waals surface area contributed by atoms with E-state index in [0.29, 0.717) is 0 Å². The maximum absolute atomic E-state index is 5.12. The van der Waals surface area contributed by atoms with E-state index in [1.165, 1.54) is 0 Å². The van der Waals surface area contributed by atoms with Crippen molar-refractivity contribution in [3.8, 4) is 17.1 Å². The van der Waals surface area contributed by atoms with Gasteiger partial charge in [0.25, 0.3) is 0 Å². The Bertz CT molecular complexity index is 3370. The molecule has 12 rings (SSSR count). The third-order valence-corrected chi connectivity index (χ3v) is 10.2. The summed E-state index contributed by atoms with van der Waals surface area (Å²) in [6.07, 6.45) is 0. The smallest absolute Gasteiger partial charge is 0.220 e. The van der Waals surface area contributed by atoms with Gasteiger partial charge in [-0.15, -0.1) is 10.2 Å². The molecule has 0 aliphatic carbocycles. The van der Waals surface area contributed by atoms with Gasteiger partial charge in [0, 0.05) is 16.5 Å². The largest absolute Gasteiger partial charge is 0.278 e. The summed E-state index contributed by atoms with van der Waals surface area (Å²) in [6, 6.07) is 52.4. The van der Waals surface area contributed by atoms with Gasteiger partial charge in [-0.25, -0.2) is 9.97 Å². The topological polar surface area (TPSA) is 75.2 Å². The van der Waals surface area contributed by atoms with Gasteiger partial charge in [0.2, 0.25) is 11.6 Å². The van der Waals surface area contributed by atoms with Crippen LogP contribution in [-0.2, 0) is 0 Å². The van der Waals surface area contributed by atoms with Gasteiger partial charge < -0.3 is 0 Å². The monoisotopic (exact) mass is 655 g/mol. The number of fused-ring (bicyclic) bond motifs is 13. The highest BCUT2D eigenvalue weighted by atomic mass is 15.5. The molecule has 0 saturated heterocycles. The molecule has 0 bridgehead atoms. The molecular formula is C42H25N9. The molecule has 5 heterocycles. The predicted molar refractivity (Wildman–Crippen MR) is 203 cm³/mol. The fourth-order valence-electron chi connectivity index (χ4n) is 7.96. The van der Waals surface area contributed by atoms with Crippen LogP contribution < -0.4 is 0 Å². The van der Waals surface area contributed by atoms with Crippen molar-refractivity contribution < 1.29 is 0 Å². The molecule has 9 heteroatoms. The van der Waals surface area contributed by atoms with Crippen LogP contribution in [0.3, 0.4) is 0 Å². The van der Waals surface area contributed by atoms with Crippen LogP contribution in [0.25, 0.3) is 94.6 Å². The SMILES string of the molecule is c1ccc2c(c1)nc1n(-c3ccc(-n4nc5cc(-n6c7ccccc7n7c8ccccc8nc67)c6ccccc6c5n4)cc3)c3ccccc3n21. The molecule has 0 aliphatic heterocycles. The van der Waals surface area contributed by atoms with E-state index >= 15 is 0 Å². The van der Waals surface area contributed by atoms with Crippen LogP contribution in [-0.4, -0.2) is 42.9 Å². The summed E-state index contributed by atoms with van der Waals surface area (Å²) in [6.45, 7) is 0. The van der Waals surface area contributed by atoms with E-state index < -0.39 is 0 Å². The summed E-state index contributed by atoms with van der Waals surface area (Å²) in [5.41, 5.74) is 13.0. The van der Waals surface area contributed by atoms with Gasteiger partial charge in [0.15, 0.2) is 0 Å². The van der Waals surface area contributed by atoms with Crippen molar-refractivity contribution in [3.63, 3.8) is 0 Å². The van der Waals surface area contributed by atoms with E-state index in [4.69, 9.17) is 20.2 Å². The van der Waals surface area contributed by atoms with Crippen LogP contribution in [0.1, 0.15) is 0 Å². The second-order valence-corrected chi connectivity index (χ2v) is 12.9. The van der Waals surface area contributed by atoms with E-state index in [1.54, 1.807) is 4.80 Å². The first-order valence-electron chi connectivity index (χ1n) is 16.9. The van der Waals surface area contributed by atoms with Crippen molar-refractivity contribution in [2.75, 3.05) is 0 Å². The maximum atomic E-state index is 5.12. The molecule has 0 atom stereocenters. The predicted octanol–water partition coefficient (Wildman–Crippen LogP) is 9.06. The lowest BCUT2D eigenvalue weighted by Gasteiger charge is -2.10. The zero-order valence-electron chi connectivity index (χ0n) is 27.0. The Morgan fingerprint density at radius 2 is 0.863 bits per heavy atom. The number of imidazole rings is 4. The first-order chi connectivity index (χ1) is 25.3. The van der Waals surface area contributed by atoms with Crippen LogP contribution in [0, 0.1) is 0 Å². The van der Waals surface area contributed by atoms with Crippen LogP contribution in [0.2, 0.25) is 0 Å². The first-order valence-corrected chi connectivity index (χ1v) is 16.9. The average Bonchev–Trinajstić information content (AvgIpc) is 3.99. The van der Waals surface area contributed by atoms with Gasteiger partial charge in [-0.1, -0.05) is 72.8 Å². The lowest BCUT2D eigenvalue weighted by atomic mass is 10.1. The lowest BCUT2D eigenvalue weighted by molar-refractivity contribution is 0.766. The number of rotatable bonds is 3. The standard InChI is InChI=1S/C42H25N9/c1-2-12-29-28(11-1)39(50-38-20-10-9-19-37(38)49-34-16-6-4-14-31(34)44-42(49)50)25-32-40(29)46-51(45-32)27-23-21-26(22-24-27)47-35-17-7-8-18-36(35)48-33-15-5-3-13-30(33)43-41(47)48/h1-25H. The molecule has 0 aliphatic rings. The Labute approximate surface area is 288 Å². The highest BCUT2D eigenvalue weighted by molar-refractivity contribution is 6.09. The Balaban J connectivity index is 1.04. The van der Waals surface area contributed by atoms with Crippen molar-refractivity contribution in [3.05, 3.63) is 152 Å². The average molecular weight is 656 g/mol. The van der Waals surface area contributed by atoms with Crippen LogP contribution in [0.4, 0.5) is 0 Å². The summed E-state index contributed by atoms with van der Waals surface area (Å²) in [5, 5.41) is 12.3. The highest BCUT2D eigenvalue weighted by Gasteiger charge is 2.21. The quantitative estimate of drug-likeness (QED) is 0.190. The minimum atomic E-state index is 0.807. The van der Waals surface area contributed by atoms with Crippen LogP contribution in [0.15, 0.2) is 152 Å². The fraction of sp³-hybridized carbons (Fsp3) is 0. The van der Waals surface area contributed by atoms with Crippen molar-refractivity contribution in [1.29, 1.82) is 0 Å². The summed E-state index contributed by atoms with van der Waals surface area (Å²) < 4.78 is 8.95. The molecule has 12 aromatic rings. The first kappa shape index (κ1) is 26.7. The second kappa shape index (κ2) is 9.67. The fourth-order valence-corrected chi connectivity index (χ4v) is 7.96. The van der Waals surface area contributed by atoms with Crippen molar-refractivity contribution in [2.24, 2.45) is 0 Å². The number of benzene rings is 7. The molecule has 0 spiro atoms. The Morgan fingerprint density at radius 3 is 1.51 bits per heavy atom. The van der Waals surface area contributed by atoms with Gasteiger partial charge >= 0.3 is 0 Å². The molecule has 0 N–H and O–H groups in total. The van der Waals surface area contributed by atoms with E-state index in [0.717, 1.165) is 94.6 Å². The van der Waals surface area contributed by atoms with Gasteiger partial charge in [-0.3, -0.25) is 17.9 Å². The molecule has 0 unspecified atom stereocenters. The minimum absolute atomic E-state index is 0.807. The van der Waals surface area contributed by atoms with Gasteiger partial charge in [-0.05, 0) is 78.9 Å². The normalized spacial score (nSPS) is 12.3. The van der Waals surface area contributed by atoms with E-state index in [2.05, 4.69) is 157 Å². The maximum Gasteiger partial charge on any atom is 0.220 e. The summed E-state index contributed by atoms with van der Waals surface area (Å²) in [4.78, 5) is 11.9. The van der Waals surface area contributed by atoms with Crippen molar-refractivity contribution in [1.82, 2.24) is 42.9 Å². The molecule has 0 amide bonds. The summed E-state index contributed by atoms with van der Waals surface area (Å²) in [7, 11) is 0. The third kappa shape index (κ3) is 3.53. The lowest BCUT2D eigenvalue weighted by Crippen LogP contribution is -2.00. The molecule has 0 saturated carbocycles. The molecule has 0 radical (unpaired) electrons. The second-order valence-electron chi connectivity index (χ2n) is 12.9. The third-order valence-electron chi connectivity index (χ3n) is 10.2. The van der Waals surface area contributed by atoms with Crippen molar-refractivity contribution in [2.45, 2.75) is 0 Å². The number of aromatic nitrogens is 9. The molecule has 9 nitrogen and oxygen atoms in total. The molecule has 0 fully saturated rings. The number of hydrogen-bond acceptors (Lipinski definition) is 4. The van der Waals surface area contributed by atoms with E-state index in [9.17, 15) is 0 Å². The van der Waals surface area contributed by atoms with Gasteiger partial charge in [0.05, 0.1) is 55.5 Å². The molecular weight excluding hydrogens is 631 g/mol. The zero-order valence-corrected chi connectivity index (χ0v) is 27.0. The molecule has 5 aromatic heterocycles. The highest BCUT2D eigenvalue weighted by Crippen LogP contribution is 2.36. The molecule has 238 valence electrons. The number of hydrogen-bond donors (Lipinski definition) is 0. The Hall–Kier alpha value is -7.26. The van der Waals surface area contributed by atoms with E-state index in [-0.39, 0.29) is 0 Å². The summed E-state index contributed by atoms with van der Waals surface area (Å²) >= 11 is 0. The Morgan fingerprint density at radius 1 is 0.373 bits per heavy atom. The van der Waals surface area contributed by atoms with Crippen LogP contribution >= 0.6 is 0 Å². The number of nitrogens with zero attached hydrogens (tertiary/aromatic N) is 9. The summed E-state index contributed by atoms with van der Waals surface area (Å²) in [5.74, 6) is 1.74. The molecule has 7 aromatic carbocycles. The van der Waals surface area contributed by atoms with Crippen LogP contribution in [0.5, 0.6) is 0 Å². The molecule has 51 heavy (non-hydrogen) atoms. The minimum Gasteiger partial charge on any atom is -0.278 e. The Kier molecular flexibility index (Phi) is 5.06. The van der Waals surface area contributed by atoms with Gasteiger partial charge in [0.1, 0.15) is 11.0 Å². The zero-order chi connectivity index (χ0) is 33.2. The number of para-hydroxylation sites is 8. The van der Waals surface area contributed by atoms with Gasteiger partial charge in [-0.2, -0.15) is 4.80 Å². The van der Waals surface area contributed by atoms with Crippen molar-refractivity contribution >= 4 is 77.5 Å². The van der Waals surface area contributed by atoms with E-state index in [1.807, 2.05) is 12.1 Å².